The van der Waals surface area contributed by atoms with Crippen molar-refractivity contribution >= 4 is 27.3 Å². The number of hydrogen-bond donors (Lipinski definition) is 2. The van der Waals surface area contributed by atoms with Gasteiger partial charge in [0.1, 0.15) is 16.4 Å². The highest BCUT2D eigenvalue weighted by Gasteiger charge is 2.21. The molecule has 2 N–H and O–H groups in total. The van der Waals surface area contributed by atoms with Gasteiger partial charge in [-0.2, -0.15) is 0 Å². The van der Waals surface area contributed by atoms with Gasteiger partial charge in [-0.15, -0.1) is 6.58 Å². The standard InChI is InChI=1S/C18H18F3N3O3S/c1-4-7-22-28(26,27)16-8-11(5-6-13(16)19)18(25)23-12-9-14(20)17(24(2)3)15(21)10-12/h4-6,8-10,22H,1,7H2,2-3H3,(H,23,25). The number of carbonyl (C=O) groups is 1. The second-order valence-corrected chi connectivity index (χ2v) is 7.66. The summed E-state index contributed by atoms with van der Waals surface area (Å²) in [5.41, 5.74) is -0.663. The predicted molar refractivity (Wildman–Crippen MR) is 100 cm³/mol. The van der Waals surface area contributed by atoms with Gasteiger partial charge in [-0.25, -0.2) is 26.3 Å². The zero-order valence-corrected chi connectivity index (χ0v) is 15.9. The third kappa shape index (κ3) is 4.70. The minimum atomic E-state index is -4.21. The first-order valence-electron chi connectivity index (χ1n) is 7.94. The molecule has 0 aliphatic rings. The summed E-state index contributed by atoms with van der Waals surface area (Å²) in [6.07, 6.45) is 1.27. The largest absolute Gasteiger partial charge is 0.373 e. The molecule has 0 bridgehead atoms. The summed E-state index contributed by atoms with van der Waals surface area (Å²) in [7, 11) is -1.29. The van der Waals surface area contributed by atoms with Gasteiger partial charge in [0.05, 0.1) is 0 Å². The maximum atomic E-state index is 14.0. The van der Waals surface area contributed by atoms with Crippen LogP contribution in [0.15, 0.2) is 47.9 Å². The molecular formula is C18H18F3N3O3S. The van der Waals surface area contributed by atoms with Crippen molar-refractivity contribution in [1.82, 2.24) is 4.72 Å². The molecule has 0 saturated carbocycles. The van der Waals surface area contributed by atoms with Crippen LogP contribution < -0.4 is 14.9 Å². The van der Waals surface area contributed by atoms with E-state index in [4.69, 9.17) is 0 Å². The Hall–Kier alpha value is -2.85. The molecule has 2 aromatic carbocycles. The molecule has 0 fully saturated rings. The maximum absolute atomic E-state index is 14.0. The van der Waals surface area contributed by atoms with E-state index in [-0.39, 0.29) is 23.5 Å². The molecule has 150 valence electrons. The molecule has 0 aromatic heterocycles. The van der Waals surface area contributed by atoms with Crippen molar-refractivity contribution in [3.05, 3.63) is 66.0 Å². The maximum Gasteiger partial charge on any atom is 0.255 e. The highest BCUT2D eigenvalue weighted by Crippen LogP contribution is 2.26. The average molecular weight is 413 g/mol. The lowest BCUT2D eigenvalue weighted by atomic mass is 10.2. The third-order valence-electron chi connectivity index (χ3n) is 3.62. The van der Waals surface area contributed by atoms with Gasteiger partial charge in [-0.05, 0) is 30.3 Å². The number of amides is 1. The second kappa shape index (κ2) is 8.44. The Kier molecular flexibility index (Phi) is 6.47. The molecule has 0 spiro atoms. The predicted octanol–water partition coefficient (Wildman–Crippen LogP) is 2.89. The number of sulfonamides is 1. The fourth-order valence-corrected chi connectivity index (χ4v) is 3.46. The Balaban J connectivity index is 2.33. The van der Waals surface area contributed by atoms with Crippen LogP contribution in [-0.2, 0) is 10.0 Å². The topological polar surface area (TPSA) is 78.5 Å². The highest BCUT2D eigenvalue weighted by atomic mass is 32.2. The molecule has 2 aromatic rings. The molecule has 0 aliphatic carbocycles. The summed E-state index contributed by atoms with van der Waals surface area (Å²) >= 11 is 0. The third-order valence-corrected chi connectivity index (χ3v) is 5.06. The van der Waals surface area contributed by atoms with Crippen LogP contribution in [0.5, 0.6) is 0 Å². The van der Waals surface area contributed by atoms with Crippen molar-refractivity contribution in [2.75, 3.05) is 30.9 Å². The van der Waals surface area contributed by atoms with Crippen molar-refractivity contribution in [3.8, 4) is 0 Å². The summed E-state index contributed by atoms with van der Waals surface area (Å²) < 4.78 is 68.3. The Morgan fingerprint density at radius 1 is 1.11 bits per heavy atom. The van der Waals surface area contributed by atoms with Gasteiger partial charge < -0.3 is 10.2 Å². The van der Waals surface area contributed by atoms with E-state index < -0.39 is 38.3 Å². The lowest BCUT2D eigenvalue weighted by molar-refractivity contribution is 0.102. The molecule has 0 atom stereocenters. The lowest BCUT2D eigenvalue weighted by Crippen LogP contribution is -2.25. The van der Waals surface area contributed by atoms with Crippen molar-refractivity contribution in [2.24, 2.45) is 0 Å². The minimum Gasteiger partial charge on any atom is -0.373 e. The van der Waals surface area contributed by atoms with Gasteiger partial charge in [-0.1, -0.05) is 6.08 Å². The Labute approximate surface area is 160 Å². The van der Waals surface area contributed by atoms with Crippen molar-refractivity contribution in [3.63, 3.8) is 0 Å². The van der Waals surface area contributed by atoms with Crippen LogP contribution in [-0.4, -0.2) is 35.0 Å². The molecule has 0 radical (unpaired) electrons. The minimum absolute atomic E-state index is 0.130. The quantitative estimate of drug-likeness (QED) is 0.685. The Bertz CT molecular complexity index is 1000. The number of benzene rings is 2. The number of halogens is 3. The van der Waals surface area contributed by atoms with Crippen LogP contribution in [0.1, 0.15) is 10.4 Å². The van der Waals surface area contributed by atoms with Crippen molar-refractivity contribution < 1.29 is 26.4 Å². The monoisotopic (exact) mass is 413 g/mol. The van der Waals surface area contributed by atoms with Crippen LogP contribution >= 0.6 is 0 Å². The second-order valence-electron chi connectivity index (χ2n) is 5.92. The molecule has 0 saturated heterocycles. The molecule has 6 nitrogen and oxygen atoms in total. The van der Waals surface area contributed by atoms with Gasteiger partial charge >= 0.3 is 0 Å². The van der Waals surface area contributed by atoms with Gasteiger partial charge in [0.2, 0.25) is 10.0 Å². The molecule has 2 rings (SSSR count). The normalized spacial score (nSPS) is 11.2. The van der Waals surface area contributed by atoms with Crippen LogP contribution in [0.2, 0.25) is 0 Å². The zero-order chi connectivity index (χ0) is 21.1. The Morgan fingerprint density at radius 2 is 1.71 bits per heavy atom. The molecule has 0 heterocycles. The lowest BCUT2D eigenvalue weighted by Gasteiger charge is -2.16. The highest BCUT2D eigenvalue weighted by molar-refractivity contribution is 7.89. The molecule has 10 heteroatoms. The molecule has 1 amide bonds. The van der Waals surface area contributed by atoms with Crippen molar-refractivity contribution in [1.29, 1.82) is 0 Å². The molecule has 0 unspecified atom stereocenters. The summed E-state index contributed by atoms with van der Waals surface area (Å²) in [4.78, 5) is 12.8. The van der Waals surface area contributed by atoms with Gasteiger partial charge in [0, 0.05) is 31.9 Å². The number of nitrogens with zero attached hydrogens (tertiary/aromatic N) is 1. The van der Waals surface area contributed by atoms with Crippen LogP contribution in [0.25, 0.3) is 0 Å². The number of carbonyl (C=O) groups excluding carboxylic acids is 1. The average Bonchev–Trinajstić information content (AvgIpc) is 2.59. The van der Waals surface area contributed by atoms with Crippen molar-refractivity contribution in [2.45, 2.75) is 4.90 Å². The summed E-state index contributed by atoms with van der Waals surface area (Å²) in [6, 6.07) is 4.54. The van der Waals surface area contributed by atoms with E-state index in [1.165, 1.54) is 25.1 Å². The summed E-state index contributed by atoms with van der Waals surface area (Å²) in [5, 5.41) is 2.26. The van der Waals surface area contributed by atoms with E-state index in [2.05, 4.69) is 16.6 Å². The molecular weight excluding hydrogens is 395 g/mol. The van der Waals surface area contributed by atoms with Gasteiger partial charge in [-0.3, -0.25) is 4.79 Å². The number of hydrogen-bond acceptors (Lipinski definition) is 4. The van der Waals surface area contributed by atoms with E-state index in [9.17, 15) is 26.4 Å². The first-order valence-corrected chi connectivity index (χ1v) is 9.43. The van der Waals surface area contributed by atoms with Gasteiger partial charge in [0.15, 0.2) is 11.6 Å². The van der Waals surface area contributed by atoms with Crippen LogP contribution in [0.3, 0.4) is 0 Å². The first kappa shape index (κ1) is 21.5. The number of nitrogens with one attached hydrogen (secondary N) is 2. The van der Waals surface area contributed by atoms with E-state index in [0.29, 0.717) is 0 Å². The van der Waals surface area contributed by atoms with Gasteiger partial charge in [0.25, 0.3) is 5.91 Å². The smallest absolute Gasteiger partial charge is 0.255 e. The number of rotatable bonds is 7. The van der Waals surface area contributed by atoms with E-state index >= 15 is 0 Å². The number of anilines is 2. The fourth-order valence-electron chi connectivity index (χ4n) is 2.37. The van der Waals surface area contributed by atoms with E-state index in [1.54, 1.807) is 0 Å². The molecule has 0 aliphatic heterocycles. The van der Waals surface area contributed by atoms with E-state index in [1.807, 2.05) is 0 Å². The van der Waals surface area contributed by atoms with Crippen LogP contribution in [0, 0.1) is 17.5 Å². The zero-order valence-electron chi connectivity index (χ0n) is 15.1. The Morgan fingerprint density at radius 3 is 2.25 bits per heavy atom. The van der Waals surface area contributed by atoms with Crippen LogP contribution in [0.4, 0.5) is 24.5 Å². The SMILES string of the molecule is C=CCNS(=O)(=O)c1cc(C(=O)Nc2cc(F)c(N(C)C)c(F)c2)ccc1F. The fraction of sp³-hybridized carbons (Fsp3) is 0.167. The summed E-state index contributed by atoms with van der Waals surface area (Å²) in [5.74, 6) is -3.70. The first-order chi connectivity index (χ1) is 13.1. The van der Waals surface area contributed by atoms with E-state index in [0.717, 1.165) is 30.3 Å². The molecule has 28 heavy (non-hydrogen) atoms. The summed E-state index contributed by atoms with van der Waals surface area (Å²) in [6.45, 7) is 3.22.